The molecule has 2 aromatic carbocycles. The van der Waals surface area contributed by atoms with Crippen LogP contribution < -0.4 is 10.1 Å². The van der Waals surface area contributed by atoms with E-state index in [-0.39, 0.29) is 11.8 Å². The Labute approximate surface area is 126 Å². The highest BCUT2D eigenvalue weighted by atomic mass is 16.5. The van der Waals surface area contributed by atoms with Gasteiger partial charge in [0.05, 0.1) is 7.11 Å². The zero-order chi connectivity index (χ0) is 15.2. The van der Waals surface area contributed by atoms with Crippen molar-refractivity contribution in [2.45, 2.75) is 26.3 Å². The molecule has 0 aromatic heterocycles. The van der Waals surface area contributed by atoms with Gasteiger partial charge in [-0.2, -0.15) is 0 Å². The Hall–Kier alpha value is -2.29. The molecule has 1 atom stereocenters. The summed E-state index contributed by atoms with van der Waals surface area (Å²) in [6.45, 7) is 3.98. The number of methoxy groups -OCH3 is 1. The van der Waals surface area contributed by atoms with Crippen LogP contribution in [-0.4, -0.2) is 12.9 Å². The van der Waals surface area contributed by atoms with E-state index in [0.29, 0.717) is 6.42 Å². The van der Waals surface area contributed by atoms with Gasteiger partial charge in [-0.25, -0.2) is 0 Å². The molecule has 1 N–H and O–H groups in total. The molecule has 2 rings (SSSR count). The van der Waals surface area contributed by atoms with Crippen molar-refractivity contribution >= 4 is 11.5 Å². The van der Waals surface area contributed by atoms with Crippen LogP contribution in [0.1, 0.15) is 42.2 Å². The van der Waals surface area contributed by atoms with Crippen molar-refractivity contribution in [2.75, 3.05) is 12.4 Å². The second kappa shape index (κ2) is 6.93. The van der Waals surface area contributed by atoms with Crippen LogP contribution in [0.2, 0.25) is 0 Å². The van der Waals surface area contributed by atoms with Crippen LogP contribution in [-0.2, 0) is 0 Å². The standard InChI is InChI=1S/C18H21NO2/c1-4-18(20)15-7-5-14(6-8-15)13(2)19-16-9-11-17(21-3)12-10-16/h5-13,19H,4H2,1-3H3/t13-/m1/s1. The highest BCUT2D eigenvalue weighted by Gasteiger charge is 2.07. The highest BCUT2D eigenvalue weighted by Crippen LogP contribution is 2.22. The van der Waals surface area contributed by atoms with Crippen molar-refractivity contribution < 1.29 is 9.53 Å². The second-order valence-corrected chi connectivity index (χ2v) is 4.99. The molecular formula is C18H21NO2. The summed E-state index contributed by atoms with van der Waals surface area (Å²) in [5.74, 6) is 1.02. The lowest BCUT2D eigenvalue weighted by atomic mass is 10.0. The Morgan fingerprint density at radius 1 is 1.10 bits per heavy atom. The van der Waals surface area contributed by atoms with Crippen LogP contribution in [0.4, 0.5) is 5.69 Å². The van der Waals surface area contributed by atoms with E-state index in [2.05, 4.69) is 12.2 Å². The largest absolute Gasteiger partial charge is 0.497 e. The zero-order valence-corrected chi connectivity index (χ0v) is 12.7. The van der Waals surface area contributed by atoms with E-state index in [4.69, 9.17) is 4.74 Å². The van der Waals surface area contributed by atoms with E-state index in [1.165, 1.54) is 0 Å². The van der Waals surface area contributed by atoms with Gasteiger partial charge in [-0.15, -0.1) is 0 Å². The maximum absolute atomic E-state index is 11.6. The van der Waals surface area contributed by atoms with Crippen molar-refractivity contribution in [1.82, 2.24) is 0 Å². The first kappa shape index (κ1) is 15.1. The molecular weight excluding hydrogens is 262 g/mol. The molecule has 0 radical (unpaired) electrons. The average Bonchev–Trinajstić information content (AvgIpc) is 2.55. The van der Waals surface area contributed by atoms with Crippen LogP contribution in [0.15, 0.2) is 48.5 Å². The third kappa shape index (κ3) is 3.85. The molecule has 0 saturated carbocycles. The molecule has 0 saturated heterocycles. The lowest BCUT2D eigenvalue weighted by Gasteiger charge is -2.16. The first-order valence-electron chi connectivity index (χ1n) is 7.17. The molecule has 0 bridgehead atoms. The average molecular weight is 283 g/mol. The SMILES string of the molecule is CCC(=O)c1ccc([C@@H](C)Nc2ccc(OC)cc2)cc1. The molecule has 0 amide bonds. The molecule has 0 aliphatic heterocycles. The fourth-order valence-corrected chi connectivity index (χ4v) is 2.18. The molecule has 0 heterocycles. The molecule has 0 spiro atoms. The second-order valence-electron chi connectivity index (χ2n) is 4.99. The summed E-state index contributed by atoms with van der Waals surface area (Å²) in [5, 5.41) is 3.43. The number of Topliss-reactive ketones (excluding diaryl/α,β-unsaturated/α-hetero) is 1. The van der Waals surface area contributed by atoms with E-state index >= 15 is 0 Å². The number of hydrogen-bond donors (Lipinski definition) is 1. The van der Waals surface area contributed by atoms with Gasteiger partial charge in [0, 0.05) is 23.7 Å². The van der Waals surface area contributed by atoms with Crippen LogP contribution in [0, 0.1) is 0 Å². The Morgan fingerprint density at radius 2 is 1.71 bits per heavy atom. The normalized spacial score (nSPS) is 11.8. The van der Waals surface area contributed by atoms with Gasteiger partial charge in [-0.1, -0.05) is 31.2 Å². The number of rotatable bonds is 6. The molecule has 3 heteroatoms. The van der Waals surface area contributed by atoms with Gasteiger partial charge in [-0.05, 0) is 36.8 Å². The van der Waals surface area contributed by atoms with Gasteiger partial charge >= 0.3 is 0 Å². The van der Waals surface area contributed by atoms with Crippen LogP contribution >= 0.6 is 0 Å². The van der Waals surface area contributed by atoms with Gasteiger partial charge in [0.2, 0.25) is 0 Å². The topological polar surface area (TPSA) is 38.3 Å². The minimum atomic E-state index is 0.171. The molecule has 0 fully saturated rings. The van der Waals surface area contributed by atoms with Crippen LogP contribution in [0.25, 0.3) is 0 Å². The van der Waals surface area contributed by atoms with E-state index in [0.717, 1.165) is 22.6 Å². The van der Waals surface area contributed by atoms with Crippen LogP contribution in [0.3, 0.4) is 0 Å². The minimum Gasteiger partial charge on any atom is -0.497 e. The van der Waals surface area contributed by atoms with E-state index in [1.807, 2.05) is 55.5 Å². The molecule has 110 valence electrons. The molecule has 2 aromatic rings. The Kier molecular flexibility index (Phi) is 4.99. The van der Waals surface area contributed by atoms with Crippen molar-refractivity contribution in [3.63, 3.8) is 0 Å². The number of nitrogens with one attached hydrogen (secondary N) is 1. The summed E-state index contributed by atoms with van der Waals surface area (Å²) in [6.07, 6.45) is 0.541. The number of anilines is 1. The fraction of sp³-hybridized carbons (Fsp3) is 0.278. The predicted molar refractivity (Wildman–Crippen MR) is 86.1 cm³/mol. The number of benzene rings is 2. The summed E-state index contributed by atoms with van der Waals surface area (Å²) in [7, 11) is 1.66. The molecule has 0 aliphatic rings. The van der Waals surface area contributed by atoms with Gasteiger partial charge in [0.1, 0.15) is 5.75 Å². The van der Waals surface area contributed by atoms with Crippen molar-refractivity contribution in [3.8, 4) is 5.75 Å². The van der Waals surface area contributed by atoms with Crippen LogP contribution in [0.5, 0.6) is 5.75 Å². The predicted octanol–water partition coefficient (Wildman–Crippen LogP) is 4.46. The molecule has 21 heavy (non-hydrogen) atoms. The Balaban J connectivity index is 2.05. The molecule has 0 aliphatic carbocycles. The maximum Gasteiger partial charge on any atom is 0.162 e. The monoisotopic (exact) mass is 283 g/mol. The lowest BCUT2D eigenvalue weighted by molar-refractivity contribution is 0.0988. The van der Waals surface area contributed by atoms with Crippen molar-refractivity contribution in [3.05, 3.63) is 59.7 Å². The quantitative estimate of drug-likeness (QED) is 0.795. The molecule has 3 nitrogen and oxygen atoms in total. The number of carbonyl (C=O) groups is 1. The van der Waals surface area contributed by atoms with Gasteiger partial charge in [0.25, 0.3) is 0 Å². The van der Waals surface area contributed by atoms with E-state index < -0.39 is 0 Å². The summed E-state index contributed by atoms with van der Waals surface area (Å²) < 4.78 is 5.15. The lowest BCUT2D eigenvalue weighted by Crippen LogP contribution is -2.07. The van der Waals surface area contributed by atoms with Crippen molar-refractivity contribution in [2.24, 2.45) is 0 Å². The third-order valence-corrected chi connectivity index (χ3v) is 3.53. The van der Waals surface area contributed by atoms with E-state index in [1.54, 1.807) is 7.11 Å². The third-order valence-electron chi connectivity index (χ3n) is 3.53. The number of carbonyl (C=O) groups excluding carboxylic acids is 1. The number of ether oxygens (including phenoxy) is 1. The Bertz CT molecular complexity index is 588. The summed E-state index contributed by atoms with van der Waals surface area (Å²) >= 11 is 0. The first-order valence-corrected chi connectivity index (χ1v) is 7.17. The smallest absolute Gasteiger partial charge is 0.162 e. The summed E-state index contributed by atoms with van der Waals surface area (Å²) in [6, 6.07) is 15.8. The fourth-order valence-electron chi connectivity index (χ4n) is 2.18. The van der Waals surface area contributed by atoms with Gasteiger partial charge in [0.15, 0.2) is 5.78 Å². The summed E-state index contributed by atoms with van der Waals surface area (Å²) in [5.41, 5.74) is 2.97. The summed E-state index contributed by atoms with van der Waals surface area (Å²) in [4.78, 5) is 11.6. The zero-order valence-electron chi connectivity index (χ0n) is 12.7. The highest BCUT2D eigenvalue weighted by molar-refractivity contribution is 5.95. The van der Waals surface area contributed by atoms with Gasteiger partial charge in [-0.3, -0.25) is 4.79 Å². The minimum absolute atomic E-state index is 0.171. The first-order chi connectivity index (χ1) is 10.1. The number of hydrogen-bond acceptors (Lipinski definition) is 3. The van der Waals surface area contributed by atoms with Crippen molar-refractivity contribution in [1.29, 1.82) is 0 Å². The maximum atomic E-state index is 11.6. The number of ketones is 1. The Morgan fingerprint density at radius 3 is 2.24 bits per heavy atom. The van der Waals surface area contributed by atoms with E-state index in [9.17, 15) is 4.79 Å². The molecule has 0 unspecified atom stereocenters. The van der Waals surface area contributed by atoms with Gasteiger partial charge < -0.3 is 10.1 Å².